The van der Waals surface area contributed by atoms with Crippen LogP contribution in [-0.2, 0) is 0 Å². The molecule has 134 valence electrons. The second-order valence-electron chi connectivity index (χ2n) is 5.96. The standard InChI is InChI=1S/C20H30O4/c1-3-5-7-9-13-23-19-17(15-21)11-12-18(16-22)20(19)24-14-10-8-6-4-2/h11-12,15-16H,3-10,13-14H2,1-2H3. The van der Waals surface area contributed by atoms with Crippen LogP contribution in [0.1, 0.15) is 85.9 Å². The molecule has 0 radical (unpaired) electrons. The fourth-order valence-corrected chi connectivity index (χ4v) is 2.48. The lowest BCUT2D eigenvalue weighted by molar-refractivity contribution is 0.110. The smallest absolute Gasteiger partial charge is 0.172 e. The quantitative estimate of drug-likeness (QED) is 0.345. The summed E-state index contributed by atoms with van der Waals surface area (Å²) in [5, 5.41) is 0. The number of rotatable bonds is 14. The third-order valence-corrected chi connectivity index (χ3v) is 3.92. The van der Waals surface area contributed by atoms with Crippen molar-refractivity contribution in [2.24, 2.45) is 0 Å². The molecular weight excluding hydrogens is 304 g/mol. The molecule has 0 aromatic heterocycles. The minimum absolute atomic E-state index is 0.404. The van der Waals surface area contributed by atoms with Crippen LogP contribution in [0.3, 0.4) is 0 Å². The van der Waals surface area contributed by atoms with E-state index in [1.807, 2.05) is 0 Å². The van der Waals surface area contributed by atoms with Gasteiger partial charge in [-0.3, -0.25) is 9.59 Å². The summed E-state index contributed by atoms with van der Waals surface area (Å²) in [7, 11) is 0. The Bertz CT molecular complexity index is 452. The highest BCUT2D eigenvalue weighted by atomic mass is 16.5. The third kappa shape index (κ3) is 6.73. The molecule has 0 saturated carbocycles. The molecule has 0 aliphatic heterocycles. The number of hydrogen-bond donors (Lipinski definition) is 0. The second-order valence-corrected chi connectivity index (χ2v) is 5.96. The van der Waals surface area contributed by atoms with Crippen molar-refractivity contribution in [1.82, 2.24) is 0 Å². The van der Waals surface area contributed by atoms with Gasteiger partial charge in [-0.05, 0) is 25.0 Å². The van der Waals surface area contributed by atoms with Crippen LogP contribution >= 0.6 is 0 Å². The van der Waals surface area contributed by atoms with Crippen LogP contribution in [0.15, 0.2) is 12.1 Å². The summed E-state index contributed by atoms with van der Waals surface area (Å²) in [6, 6.07) is 3.23. The van der Waals surface area contributed by atoms with E-state index in [2.05, 4.69) is 13.8 Å². The van der Waals surface area contributed by atoms with Crippen molar-refractivity contribution in [2.75, 3.05) is 13.2 Å². The molecule has 24 heavy (non-hydrogen) atoms. The molecule has 0 spiro atoms. The molecule has 1 rings (SSSR count). The Kier molecular flexibility index (Phi) is 10.6. The molecule has 0 atom stereocenters. The maximum Gasteiger partial charge on any atom is 0.172 e. The van der Waals surface area contributed by atoms with Crippen molar-refractivity contribution < 1.29 is 19.1 Å². The highest BCUT2D eigenvalue weighted by Crippen LogP contribution is 2.34. The molecule has 4 nitrogen and oxygen atoms in total. The molecule has 0 aliphatic carbocycles. The van der Waals surface area contributed by atoms with E-state index in [0.717, 1.165) is 51.1 Å². The van der Waals surface area contributed by atoms with E-state index in [0.29, 0.717) is 35.8 Å². The molecule has 0 fully saturated rings. The van der Waals surface area contributed by atoms with Crippen molar-refractivity contribution in [1.29, 1.82) is 0 Å². The maximum atomic E-state index is 11.3. The monoisotopic (exact) mass is 334 g/mol. The molecule has 0 unspecified atom stereocenters. The molecule has 0 N–H and O–H groups in total. The SMILES string of the molecule is CCCCCCOc1c(C=O)ccc(C=O)c1OCCCCCC. The Hall–Kier alpha value is -1.84. The van der Waals surface area contributed by atoms with Crippen LogP contribution in [0.5, 0.6) is 11.5 Å². The van der Waals surface area contributed by atoms with Gasteiger partial charge in [-0.1, -0.05) is 52.4 Å². The van der Waals surface area contributed by atoms with Gasteiger partial charge in [0.1, 0.15) is 0 Å². The van der Waals surface area contributed by atoms with Crippen molar-refractivity contribution in [3.05, 3.63) is 23.3 Å². The molecule has 1 aromatic rings. The number of carbonyl (C=O) groups excluding carboxylic acids is 2. The van der Waals surface area contributed by atoms with E-state index in [9.17, 15) is 9.59 Å². The van der Waals surface area contributed by atoms with Crippen LogP contribution in [0.2, 0.25) is 0 Å². The highest BCUT2D eigenvalue weighted by molar-refractivity contribution is 5.88. The first kappa shape index (κ1) is 20.2. The predicted molar refractivity (Wildman–Crippen MR) is 96.5 cm³/mol. The number of hydrogen-bond acceptors (Lipinski definition) is 4. The molecular formula is C20H30O4. The molecule has 0 heterocycles. The first-order valence-electron chi connectivity index (χ1n) is 9.11. The minimum atomic E-state index is 0.404. The van der Waals surface area contributed by atoms with Gasteiger partial charge in [-0.25, -0.2) is 0 Å². The number of carbonyl (C=O) groups is 2. The van der Waals surface area contributed by atoms with Crippen molar-refractivity contribution in [2.45, 2.75) is 65.2 Å². The first-order valence-corrected chi connectivity index (χ1v) is 9.11. The Labute approximate surface area is 145 Å². The van der Waals surface area contributed by atoms with Crippen LogP contribution in [-0.4, -0.2) is 25.8 Å². The van der Waals surface area contributed by atoms with E-state index >= 15 is 0 Å². The lowest BCUT2D eigenvalue weighted by Gasteiger charge is -2.16. The summed E-state index contributed by atoms with van der Waals surface area (Å²) in [5.41, 5.74) is 0.860. The minimum Gasteiger partial charge on any atom is -0.489 e. The molecule has 1 aromatic carbocycles. The fraction of sp³-hybridized carbons (Fsp3) is 0.600. The number of ether oxygens (including phenoxy) is 2. The number of unbranched alkanes of at least 4 members (excludes halogenated alkanes) is 6. The predicted octanol–water partition coefficient (Wildman–Crippen LogP) is 5.23. The first-order chi connectivity index (χ1) is 11.8. The van der Waals surface area contributed by atoms with E-state index in [1.165, 1.54) is 12.8 Å². The second kappa shape index (κ2) is 12.6. The number of aldehydes is 2. The van der Waals surface area contributed by atoms with Gasteiger partial charge in [0.15, 0.2) is 24.1 Å². The van der Waals surface area contributed by atoms with Gasteiger partial charge in [0.05, 0.1) is 24.3 Å². The lowest BCUT2D eigenvalue weighted by atomic mass is 10.1. The van der Waals surface area contributed by atoms with Gasteiger partial charge in [0.25, 0.3) is 0 Å². The zero-order chi connectivity index (χ0) is 17.6. The van der Waals surface area contributed by atoms with Crippen LogP contribution in [0.4, 0.5) is 0 Å². The summed E-state index contributed by atoms with van der Waals surface area (Å²) in [6.07, 6.45) is 10.2. The Balaban J connectivity index is 2.78. The third-order valence-electron chi connectivity index (χ3n) is 3.92. The fourth-order valence-electron chi connectivity index (χ4n) is 2.48. The Morgan fingerprint density at radius 1 is 0.708 bits per heavy atom. The normalized spacial score (nSPS) is 10.4. The topological polar surface area (TPSA) is 52.6 Å². The van der Waals surface area contributed by atoms with Crippen molar-refractivity contribution in [3.8, 4) is 11.5 Å². The zero-order valence-electron chi connectivity index (χ0n) is 15.0. The summed E-state index contributed by atoms with van der Waals surface area (Å²) in [5.74, 6) is 0.808. The van der Waals surface area contributed by atoms with E-state index in [-0.39, 0.29) is 0 Å². The molecule has 0 bridgehead atoms. The van der Waals surface area contributed by atoms with Gasteiger partial charge in [0, 0.05) is 0 Å². The van der Waals surface area contributed by atoms with Gasteiger partial charge in [0.2, 0.25) is 0 Å². The number of benzene rings is 1. The summed E-state index contributed by atoms with van der Waals surface area (Å²) >= 11 is 0. The van der Waals surface area contributed by atoms with E-state index in [4.69, 9.17) is 9.47 Å². The lowest BCUT2D eigenvalue weighted by Crippen LogP contribution is -2.07. The van der Waals surface area contributed by atoms with Crippen molar-refractivity contribution >= 4 is 12.6 Å². The van der Waals surface area contributed by atoms with Gasteiger partial charge in [-0.2, -0.15) is 0 Å². The summed E-state index contributed by atoms with van der Waals surface area (Å²) < 4.78 is 11.6. The average Bonchev–Trinajstić information content (AvgIpc) is 2.61. The maximum absolute atomic E-state index is 11.3. The average molecular weight is 334 g/mol. The molecule has 0 aliphatic rings. The largest absolute Gasteiger partial charge is 0.489 e. The molecule has 0 amide bonds. The van der Waals surface area contributed by atoms with Crippen LogP contribution in [0, 0.1) is 0 Å². The summed E-state index contributed by atoms with van der Waals surface area (Å²) in [4.78, 5) is 22.6. The highest BCUT2D eigenvalue weighted by Gasteiger charge is 2.16. The molecule has 4 heteroatoms. The zero-order valence-corrected chi connectivity index (χ0v) is 15.0. The Morgan fingerprint density at radius 3 is 1.46 bits per heavy atom. The van der Waals surface area contributed by atoms with Crippen LogP contribution in [0.25, 0.3) is 0 Å². The summed E-state index contributed by atoms with van der Waals surface area (Å²) in [6.45, 7) is 5.36. The van der Waals surface area contributed by atoms with Gasteiger partial charge >= 0.3 is 0 Å². The molecule has 0 saturated heterocycles. The van der Waals surface area contributed by atoms with E-state index in [1.54, 1.807) is 12.1 Å². The van der Waals surface area contributed by atoms with Crippen molar-refractivity contribution in [3.63, 3.8) is 0 Å². The van der Waals surface area contributed by atoms with Gasteiger partial charge in [-0.15, -0.1) is 0 Å². The van der Waals surface area contributed by atoms with Crippen LogP contribution < -0.4 is 9.47 Å². The Morgan fingerprint density at radius 2 is 1.12 bits per heavy atom. The van der Waals surface area contributed by atoms with Gasteiger partial charge < -0.3 is 9.47 Å². The van der Waals surface area contributed by atoms with E-state index < -0.39 is 0 Å².